The van der Waals surface area contributed by atoms with Crippen LogP contribution in [0.1, 0.15) is 76.0 Å². The molecular formula is C32H40N4O4S. The van der Waals surface area contributed by atoms with E-state index < -0.39 is 5.91 Å². The Labute approximate surface area is 247 Å². The number of nitrogens with zero attached hydrogens (tertiary/aromatic N) is 3. The molecule has 0 saturated heterocycles. The maximum Gasteiger partial charge on any atom is 0.283 e. The second-order valence-electron chi connectivity index (χ2n) is 10.0. The van der Waals surface area contributed by atoms with Crippen molar-refractivity contribution in [3.05, 3.63) is 58.7 Å². The summed E-state index contributed by atoms with van der Waals surface area (Å²) in [5.74, 6) is 1.58. The molecule has 2 aliphatic heterocycles. The Hall–Kier alpha value is -3.59. The van der Waals surface area contributed by atoms with Crippen LogP contribution < -0.4 is 14.2 Å². The molecule has 2 aromatic rings. The summed E-state index contributed by atoms with van der Waals surface area (Å²) >= 11 is 1.39. The summed E-state index contributed by atoms with van der Waals surface area (Å²) in [6.45, 7) is 9.49. The van der Waals surface area contributed by atoms with Crippen molar-refractivity contribution in [3.63, 3.8) is 0 Å². The molecule has 9 heteroatoms. The molecule has 4 rings (SSSR count). The smallest absolute Gasteiger partial charge is 0.283 e. The number of fused-ring (bicyclic) bond motifs is 1. The molecule has 0 unspecified atom stereocenters. The molecule has 0 spiro atoms. The summed E-state index contributed by atoms with van der Waals surface area (Å²) in [5.41, 5.74) is 3.31. The Morgan fingerprint density at radius 3 is 2.54 bits per heavy atom. The van der Waals surface area contributed by atoms with Crippen LogP contribution in [-0.4, -0.2) is 46.8 Å². The highest BCUT2D eigenvalue weighted by molar-refractivity contribution is 8.26. The fourth-order valence-electron chi connectivity index (χ4n) is 4.60. The number of hydrogen-bond acceptors (Lipinski definition) is 7. The molecule has 0 saturated carbocycles. The van der Waals surface area contributed by atoms with Gasteiger partial charge in [0.2, 0.25) is 5.17 Å². The first kappa shape index (κ1) is 30.4. The fourth-order valence-corrected chi connectivity index (χ4v) is 5.53. The molecule has 0 atom stereocenters. The van der Waals surface area contributed by atoms with Crippen LogP contribution in [0.3, 0.4) is 0 Å². The van der Waals surface area contributed by atoms with Crippen molar-refractivity contribution in [2.24, 2.45) is 10.1 Å². The number of carbonyl (C=O) groups excluding carboxylic acids is 1. The molecule has 2 aliphatic rings. The number of thioether (sulfide) groups is 1. The van der Waals surface area contributed by atoms with E-state index in [2.05, 4.69) is 43.0 Å². The molecule has 0 radical (unpaired) electrons. The number of rotatable bonds is 15. The number of benzene rings is 2. The molecule has 218 valence electrons. The van der Waals surface area contributed by atoms with Crippen LogP contribution in [0.2, 0.25) is 0 Å². The van der Waals surface area contributed by atoms with Gasteiger partial charge < -0.3 is 14.2 Å². The van der Waals surface area contributed by atoms with Crippen LogP contribution in [0.25, 0.3) is 6.08 Å². The average molecular weight is 577 g/mol. The number of aliphatic imine (C=N–C) groups is 1. The van der Waals surface area contributed by atoms with E-state index in [-0.39, 0.29) is 11.4 Å². The number of hydrazone groups is 1. The number of carbonyl (C=O) groups is 1. The topological polar surface area (TPSA) is 96.6 Å². The third-order valence-corrected chi connectivity index (χ3v) is 7.67. The van der Waals surface area contributed by atoms with Crippen molar-refractivity contribution >= 4 is 39.8 Å². The van der Waals surface area contributed by atoms with Crippen molar-refractivity contribution in [1.82, 2.24) is 5.01 Å². The fraction of sp³-hybridized carbons (Fsp3) is 0.438. The number of nitrogens with one attached hydrogen (secondary N) is 1. The largest absolute Gasteiger partial charge is 0.490 e. The van der Waals surface area contributed by atoms with E-state index in [1.54, 1.807) is 6.08 Å². The lowest BCUT2D eigenvalue weighted by Crippen LogP contribution is -2.35. The number of hydrogen-bond donors (Lipinski definition) is 1. The maximum atomic E-state index is 12.9. The normalized spacial score (nSPS) is 15.6. The first-order valence-electron chi connectivity index (χ1n) is 14.5. The van der Waals surface area contributed by atoms with Gasteiger partial charge in [0.15, 0.2) is 17.3 Å². The van der Waals surface area contributed by atoms with Crippen molar-refractivity contribution in [2.75, 3.05) is 19.8 Å². The standard InChI is InChI=1S/C32H40N4O4S/c1-5-8-9-10-11-12-29-35-36-30(33)26(31(37)34-32(36)41-29)20-24-13-14-27(28(21-24)38-7-3)40-16-15-39-25-18-22(4)17-23(6-2)19-25/h13-14,17-21,33H,5-12,15-16H2,1-4H3/b26-20-,33-30?. The molecule has 41 heavy (non-hydrogen) atoms. The highest BCUT2D eigenvalue weighted by Crippen LogP contribution is 2.32. The monoisotopic (exact) mass is 576 g/mol. The average Bonchev–Trinajstić information content (AvgIpc) is 3.36. The molecule has 8 nitrogen and oxygen atoms in total. The minimum absolute atomic E-state index is 0.0336. The summed E-state index contributed by atoms with van der Waals surface area (Å²) in [6, 6.07) is 11.7. The molecule has 0 bridgehead atoms. The van der Waals surface area contributed by atoms with E-state index >= 15 is 0 Å². The van der Waals surface area contributed by atoms with E-state index in [0.29, 0.717) is 42.1 Å². The second-order valence-corrected chi connectivity index (χ2v) is 11.1. The van der Waals surface area contributed by atoms with Crippen LogP contribution in [0.4, 0.5) is 0 Å². The van der Waals surface area contributed by atoms with Gasteiger partial charge >= 0.3 is 0 Å². The summed E-state index contributed by atoms with van der Waals surface area (Å²) in [7, 11) is 0. The Morgan fingerprint density at radius 1 is 0.951 bits per heavy atom. The molecule has 0 aliphatic carbocycles. The van der Waals surface area contributed by atoms with Gasteiger partial charge in [0.25, 0.3) is 5.91 Å². The summed E-state index contributed by atoms with van der Waals surface area (Å²) in [4.78, 5) is 17.1. The number of unbranched alkanes of at least 4 members (excludes halogenated alkanes) is 4. The van der Waals surface area contributed by atoms with E-state index in [0.717, 1.165) is 36.5 Å². The molecule has 0 fully saturated rings. The van der Waals surface area contributed by atoms with E-state index in [1.807, 2.05) is 31.2 Å². The minimum Gasteiger partial charge on any atom is -0.490 e. The van der Waals surface area contributed by atoms with Gasteiger partial charge in [-0.15, -0.1) is 0 Å². The number of amides is 1. The SMILES string of the molecule is CCCCCCCC1=NN2C(=N)/C(=C/c3ccc(OCCOc4cc(C)cc(CC)c4)c(OCC)c3)C(=O)N=C2S1. The molecular weight excluding hydrogens is 536 g/mol. The van der Waals surface area contributed by atoms with Crippen molar-refractivity contribution in [1.29, 1.82) is 5.41 Å². The Kier molecular flexibility index (Phi) is 11.0. The molecule has 1 amide bonds. The van der Waals surface area contributed by atoms with Crippen LogP contribution in [0.15, 0.2) is 52.1 Å². The molecule has 2 heterocycles. The van der Waals surface area contributed by atoms with Crippen LogP contribution in [0.5, 0.6) is 17.2 Å². The predicted octanol–water partition coefficient (Wildman–Crippen LogP) is 7.39. The molecule has 1 N–H and O–H groups in total. The van der Waals surface area contributed by atoms with Crippen molar-refractivity contribution < 1.29 is 19.0 Å². The van der Waals surface area contributed by atoms with Gasteiger partial charge in [0.1, 0.15) is 24.0 Å². The van der Waals surface area contributed by atoms with Crippen LogP contribution in [0, 0.1) is 12.3 Å². The van der Waals surface area contributed by atoms with Gasteiger partial charge in [-0.25, -0.2) is 0 Å². The third-order valence-electron chi connectivity index (χ3n) is 6.70. The van der Waals surface area contributed by atoms with Gasteiger partial charge in [-0.3, -0.25) is 10.2 Å². The number of amidine groups is 2. The Balaban J connectivity index is 1.40. The molecule has 0 aromatic heterocycles. The number of aryl methyl sites for hydroxylation is 2. The van der Waals surface area contributed by atoms with Gasteiger partial charge in [0.05, 0.1) is 12.2 Å². The summed E-state index contributed by atoms with van der Waals surface area (Å²) in [6.07, 6.45) is 9.32. The predicted molar refractivity (Wildman–Crippen MR) is 168 cm³/mol. The van der Waals surface area contributed by atoms with Gasteiger partial charge in [-0.1, -0.05) is 51.7 Å². The van der Waals surface area contributed by atoms with Gasteiger partial charge in [-0.2, -0.15) is 15.1 Å². The van der Waals surface area contributed by atoms with E-state index in [4.69, 9.17) is 19.6 Å². The van der Waals surface area contributed by atoms with Crippen LogP contribution in [-0.2, 0) is 11.2 Å². The quantitative estimate of drug-likeness (QED) is 0.175. The molecule has 2 aromatic carbocycles. The zero-order chi connectivity index (χ0) is 29.2. The lowest BCUT2D eigenvalue weighted by atomic mass is 10.1. The zero-order valence-electron chi connectivity index (χ0n) is 24.5. The first-order valence-corrected chi connectivity index (χ1v) is 15.4. The minimum atomic E-state index is -0.439. The lowest BCUT2D eigenvalue weighted by Gasteiger charge is -2.20. The van der Waals surface area contributed by atoms with Crippen LogP contribution >= 0.6 is 11.8 Å². The highest BCUT2D eigenvalue weighted by atomic mass is 32.2. The van der Waals surface area contributed by atoms with Crippen molar-refractivity contribution in [2.45, 2.75) is 72.6 Å². The number of ether oxygens (including phenoxy) is 3. The van der Waals surface area contributed by atoms with Crippen molar-refractivity contribution in [3.8, 4) is 17.2 Å². The summed E-state index contributed by atoms with van der Waals surface area (Å²) < 4.78 is 17.7. The maximum absolute atomic E-state index is 12.9. The van der Waals surface area contributed by atoms with E-state index in [1.165, 1.54) is 47.2 Å². The second kappa shape index (κ2) is 14.9. The Morgan fingerprint density at radius 2 is 1.76 bits per heavy atom. The Bertz CT molecular complexity index is 1350. The third kappa shape index (κ3) is 8.22. The van der Waals surface area contributed by atoms with Gasteiger partial charge in [0, 0.05) is 0 Å². The highest BCUT2D eigenvalue weighted by Gasteiger charge is 2.35. The zero-order valence-corrected chi connectivity index (χ0v) is 25.3. The van der Waals surface area contributed by atoms with E-state index in [9.17, 15) is 4.79 Å². The first-order chi connectivity index (χ1) is 19.9. The van der Waals surface area contributed by atoms with Gasteiger partial charge in [-0.05, 0) is 91.9 Å². The lowest BCUT2D eigenvalue weighted by molar-refractivity contribution is -0.114. The summed E-state index contributed by atoms with van der Waals surface area (Å²) in [5, 5.41) is 16.1.